The van der Waals surface area contributed by atoms with Gasteiger partial charge in [-0.3, -0.25) is 0 Å². The van der Waals surface area contributed by atoms with E-state index in [1.54, 1.807) is 17.4 Å². The van der Waals surface area contributed by atoms with Gasteiger partial charge in [-0.15, -0.1) is 11.3 Å². The van der Waals surface area contributed by atoms with Gasteiger partial charge in [0.2, 0.25) is 0 Å². The molecule has 1 aromatic carbocycles. The maximum atomic E-state index is 9.59. The van der Waals surface area contributed by atoms with Crippen LogP contribution in [0.3, 0.4) is 0 Å². The molecule has 0 fully saturated rings. The number of aromatic hydroxyl groups is 1. The Bertz CT molecular complexity index is 512. The van der Waals surface area contributed by atoms with Gasteiger partial charge in [0.1, 0.15) is 11.8 Å². The molecule has 0 aliphatic carbocycles. The summed E-state index contributed by atoms with van der Waals surface area (Å²) in [7, 11) is 0. The minimum absolute atomic E-state index is 0.0917. The Kier molecular flexibility index (Phi) is 2.14. The zero-order valence-electron chi connectivity index (χ0n) is 6.41. The van der Waals surface area contributed by atoms with Crippen LogP contribution in [-0.4, -0.2) is 5.11 Å². The van der Waals surface area contributed by atoms with Gasteiger partial charge in [-0.2, -0.15) is 5.26 Å². The third kappa shape index (κ3) is 1.28. The molecule has 0 radical (unpaired) electrons. The molecular weight excluding hydrogens is 297 g/mol. The summed E-state index contributed by atoms with van der Waals surface area (Å²) >= 11 is 3.63. The van der Waals surface area contributed by atoms with Crippen LogP contribution >= 0.6 is 33.9 Å². The van der Waals surface area contributed by atoms with E-state index in [9.17, 15) is 5.11 Å². The van der Waals surface area contributed by atoms with E-state index in [4.69, 9.17) is 5.26 Å². The van der Waals surface area contributed by atoms with Crippen molar-refractivity contribution < 1.29 is 5.11 Å². The largest absolute Gasteiger partial charge is 0.505 e. The Morgan fingerprint density at radius 2 is 2.31 bits per heavy atom. The van der Waals surface area contributed by atoms with Crippen LogP contribution in [0.15, 0.2) is 17.5 Å². The second-order valence-corrected chi connectivity index (χ2v) is 4.56. The first kappa shape index (κ1) is 8.78. The zero-order chi connectivity index (χ0) is 9.42. The fraction of sp³-hybridized carbons (Fsp3) is 0. The van der Waals surface area contributed by atoms with Gasteiger partial charge in [0, 0.05) is 10.1 Å². The number of phenolic OH excluding ortho intramolecular Hbond substituents is 1. The van der Waals surface area contributed by atoms with Crippen molar-refractivity contribution in [3.63, 3.8) is 0 Å². The molecule has 13 heavy (non-hydrogen) atoms. The molecule has 0 saturated carbocycles. The molecular formula is C9H4INOS. The van der Waals surface area contributed by atoms with E-state index in [2.05, 4.69) is 22.6 Å². The van der Waals surface area contributed by atoms with Gasteiger partial charge in [-0.25, -0.2) is 0 Å². The maximum absolute atomic E-state index is 9.59. The Hall–Kier alpha value is -0.800. The number of thiophene rings is 1. The Morgan fingerprint density at radius 3 is 3.00 bits per heavy atom. The lowest BCUT2D eigenvalue weighted by molar-refractivity contribution is 0.471. The van der Waals surface area contributed by atoms with Crippen molar-refractivity contribution in [3.05, 3.63) is 26.6 Å². The third-order valence-corrected chi connectivity index (χ3v) is 3.75. The van der Waals surface area contributed by atoms with Crippen LogP contribution in [0.25, 0.3) is 10.1 Å². The van der Waals surface area contributed by atoms with E-state index < -0.39 is 0 Å². The molecule has 0 unspecified atom stereocenters. The minimum atomic E-state index is 0.0917. The number of nitrogens with zero attached hydrogens (tertiary/aromatic N) is 1. The highest BCUT2D eigenvalue weighted by Gasteiger charge is 2.10. The van der Waals surface area contributed by atoms with Crippen molar-refractivity contribution in [2.45, 2.75) is 0 Å². The second kappa shape index (κ2) is 3.16. The average Bonchev–Trinajstić information content (AvgIpc) is 2.59. The lowest BCUT2D eigenvalue weighted by atomic mass is 10.2. The fourth-order valence-electron chi connectivity index (χ4n) is 1.14. The molecule has 1 N–H and O–H groups in total. The van der Waals surface area contributed by atoms with E-state index in [0.29, 0.717) is 5.56 Å². The lowest BCUT2D eigenvalue weighted by Crippen LogP contribution is -1.81. The monoisotopic (exact) mass is 301 g/mol. The highest BCUT2D eigenvalue weighted by atomic mass is 127. The van der Waals surface area contributed by atoms with Crippen LogP contribution in [0.2, 0.25) is 0 Å². The highest BCUT2D eigenvalue weighted by Crippen LogP contribution is 2.34. The number of benzene rings is 1. The van der Waals surface area contributed by atoms with Crippen molar-refractivity contribution in [2.24, 2.45) is 0 Å². The van der Waals surface area contributed by atoms with E-state index in [1.807, 2.05) is 17.5 Å². The summed E-state index contributed by atoms with van der Waals surface area (Å²) < 4.78 is 1.80. The Morgan fingerprint density at radius 1 is 1.54 bits per heavy atom. The molecule has 0 bridgehead atoms. The van der Waals surface area contributed by atoms with E-state index in [0.717, 1.165) is 13.7 Å². The smallest absolute Gasteiger partial charge is 0.147 e. The summed E-state index contributed by atoms with van der Waals surface area (Å²) in [6.07, 6.45) is 0. The molecule has 0 aliphatic heterocycles. The van der Waals surface area contributed by atoms with Crippen LogP contribution < -0.4 is 0 Å². The van der Waals surface area contributed by atoms with Gasteiger partial charge in [0.25, 0.3) is 0 Å². The number of nitriles is 1. The Balaban J connectivity index is 2.94. The molecule has 1 aromatic heterocycles. The quantitative estimate of drug-likeness (QED) is 0.760. The van der Waals surface area contributed by atoms with Crippen molar-refractivity contribution in [3.8, 4) is 11.8 Å². The summed E-state index contributed by atoms with van der Waals surface area (Å²) in [5.74, 6) is 0.0917. The minimum Gasteiger partial charge on any atom is -0.505 e. The van der Waals surface area contributed by atoms with Crippen LogP contribution in [0.1, 0.15) is 5.56 Å². The first-order valence-corrected chi connectivity index (χ1v) is 5.48. The molecule has 2 aromatic rings. The molecule has 0 atom stereocenters. The summed E-state index contributed by atoms with van der Waals surface area (Å²) in [6.45, 7) is 0. The molecule has 64 valence electrons. The summed E-state index contributed by atoms with van der Waals surface area (Å²) in [5.41, 5.74) is 0.347. The molecule has 1 heterocycles. The number of hydrogen-bond donors (Lipinski definition) is 1. The van der Waals surface area contributed by atoms with Crippen LogP contribution in [-0.2, 0) is 0 Å². The summed E-state index contributed by atoms with van der Waals surface area (Å²) in [4.78, 5) is 0. The predicted molar refractivity (Wildman–Crippen MR) is 60.9 cm³/mol. The predicted octanol–water partition coefficient (Wildman–Crippen LogP) is 3.08. The van der Waals surface area contributed by atoms with Gasteiger partial charge >= 0.3 is 0 Å². The van der Waals surface area contributed by atoms with Crippen LogP contribution in [0.5, 0.6) is 5.75 Å². The van der Waals surface area contributed by atoms with Gasteiger partial charge in [0.15, 0.2) is 0 Å². The van der Waals surface area contributed by atoms with Crippen molar-refractivity contribution in [1.82, 2.24) is 0 Å². The number of fused-ring (bicyclic) bond motifs is 1. The SMILES string of the molecule is N#Cc1cc2sccc2c(I)c1O. The Labute approximate surface area is 92.6 Å². The lowest BCUT2D eigenvalue weighted by Gasteiger charge is -2.00. The third-order valence-electron chi connectivity index (χ3n) is 1.79. The number of hydrogen-bond acceptors (Lipinski definition) is 3. The van der Waals surface area contributed by atoms with Crippen molar-refractivity contribution >= 4 is 44.0 Å². The molecule has 0 spiro atoms. The molecule has 2 nitrogen and oxygen atoms in total. The topological polar surface area (TPSA) is 44.0 Å². The van der Waals surface area contributed by atoms with Gasteiger partial charge in [-0.1, -0.05) is 0 Å². The molecule has 0 aliphatic rings. The maximum Gasteiger partial charge on any atom is 0.147 e. The number of halogens is 1. The normalized spacial score (nSPS) is 10.2. The van der Waals surface area contributed by atoms with E-state index >= 15 is 0 Å². The van der Waals surface area contributed by atoms with Gasteiger partial charge < -0.3 is 5.11 Å². The highest BCUT2D eigenvalue weighted by molar-refractivity contribution is 14.1. The molecule has 4 heteroatoms. The standard InChI is InChI=1S/C9H4INOS/c10-8-6-1-2-13-7(6)3-5(4-11)9(8)12/h1-3,12H. The molecule has 0 amide bonds. The first-order valence-electron chi connectivity index (χ1n) is 3.53. The van der Waals surface area contributed by atoms with Crippen LogP contribution in [0, 0.1) is 14.9 Å². The van der Waals surface area contributed by atoms with E-state index in [-0.39, 0.29) is 5.75 Å². The molecule has 2 rings (SSSR count). The molecule has 0 saturated heterocycles. The summed E-state index contributed by atoms with van der Waals surface area (Å²) in [5, 5.41) is 21.3. The van der Waals surface area contributed by atoms with Crippen molar-refractivity contribution in [2.75, 3.05) is 0 Å². The summed E-state index contributed by atoms with van der Waals surface area (Å²) in [6, 6.07) is 5.64. The van der Waals surface area contributed by atoms with E-state index in [1.165, 1.54) is 0 Å². The van der Waals surface area contributed by atoms with Crippen molar-refractivity contribution in [1.29, 1.82) is 5.26 Å². The van der Waals surface area contributed by atoms with Gasteiger partial charge in [-0.05, 0) is 40.1 Å². The fourth-order valence-corrected chi connectivity index (χ4v) is 2.92. The first-order chi connectivity index (χ1) is 6.24. The second-order valence-electron chi connectivity index (χ2n) is 2.53. The number of phenols is 1. The van der Waals surface area contributed by atoms with Gasteiger partial charge in [0.05, 0.1) is 9.13 Å². The van der Waals surface area contributed by atoms with Crippen LogP contribution in [0.4, 0.5) is 0 Å². The zero-order valence-corrected chi connectivity index (χ0v) is 9.39. The number of rotatable bonds is 0. The average molecular weight is 301 g/mol.